The summed E-state index contributed by atoms with van der Waals surface area (Å²) in [4.78, 5) is 0. The molecule has 1 rings (SSSR count). The molecule has 0 fully saturated rings. The predicted molar refractivity (Wildman–Crippen MR) is 76.7 cm³/mol. The van der Waals surface area contributed by atoms with Crippen molar-refractivity contribution in [1.82, 2.24) is 0 Å². The fraction of sp³-hybridized carbons (Fsp3) is 0.500. The normalized spacial score (nSPS) is 11.0. The minimum absolute atomic E-state index is 0. The zero-order valence-corrected chi connectivity index (χ0v) is 20.2. The summed E-state index contributed by atoms with van der Waals surface area (Å²) in [6.07, 6.45) is 0.953. The quantitative estimate of drug-likeness (QED) is 0.542. The Bertz CT molecular complexity index is 541. The first-order valence-corrected chi connectivity index (χ1v) is 9.33. The van der Waals surface area contributed by atoms with Crippen LogP contribution in [0.15, 0.2) is 24.3 Å². The van der Waals surface area contributed by atoms with Crippen LogP contribution in [0, 0.1) is 13.8 Å². The number of hydrogen-bond donors (Lipinski definition) is 1. The Morgan fingerprint density at radius 3 is 1.60 bits per heavy atom. The van der Waals surface area contributed by atoms with E-state index in [0.29, 0.717) is 0 Å². The van der Waals surface area contributed by atoms with Gasteiger partial charge in [0.15, 0.2) is 0 Å². The Balaban J connectivity index is 0. The molecule has 1 N–H and O–H groups in total. The van der Waals surface area contributed by atoms with Crippen molar-refractivity contribution < 1.29 is 21.4 Å². The van der Waals surface area contributed by atoms with Gasteiger partial charge >= 0.3 is 0 Å². The van der Waals surface area contributed by atoms with E-state index >= 15 is 0 Å². The van der Waals surface area contributed by atoms with E-state index < -0.39 is 25.7 Å². The van der Waals surface area contributed by atoms with Gasteiger partial charge in [0.1, 0.15) is 9.84 Å². The SMILES string of the molecule is CS(=O)(=O)CCCS(=O)(=O)O.Cc1ccccc1C.[Mt]. The Morgan fingerprint density at radius 2 is 1.35 bits per heavy atom. The first kappa shape index (κ1) is 20.4. The van der Waals surface area contributed by atoms with E-state index in [0.717, 1.165) is 6.26 Å². The maximum atomic E-state index is 10.4. The van der Waals surface area contributed by atoms with Crippen molar-refractivity contribution in [2.75, 3.05) is 17.8 Å². The van der Waals surface area contributed by atoms with Crippen molar-refractivity contribution in [3.63, 3.8) is 0 Å². The fourth-order valence-electron chi connectivity index (χ4n) is 1.17. The van der Waals surface area contributed by atoms with Crippen molar-refractivity contribution in [1.29, 1.82) is 0 Å². The molecule has 0 saturated carbocycles. The third-order valence-electron chi connectivity index (χ3n) is 2.34. The van der Waals surface area contributed by atoms with Crippen molar-refractivity contribution in [2.45, 2.75) is 20.3 Å². The molecule has 0 amide bonds. The summed E-state index contributed by atoms with van der Waals surface area (Å²) in [5, 5.41) is 0. The van der Waals surface area contributed by atoms with Gasteiger partial charge in [-0.2, -0.15) is 8.42 Å². The number of benzene rings is 1. The third kappa shape index (κ3) is 12.5. The van der Waals surface area contributed by atoms with E-state index in [-0.39, 0.29) is 12.2 Å². The zero-order chi connectivity index (χ0) is 15.1. The minimum atomic E-state index is -4.01. The van der Waals surface area contributed by atoms with Gasteiger partial charge in [-0.15, -0.1) is 0 Å². The van der Waals surface area contributed by atoms with Gasteiger partial charge in [0.05, 0.1) is 11.5 Å². The Kier molecular flexibility index (Phi) is 8.46. The van der Waals surface area contributed by atoms with Gasteiger partial charge in [0.25, 0.3) is 10.1 Å². The van der Waals surface area contributed by atoms with Crippen LogP contribution in [-0.4, -0.2) is 39.1 Å². The second kappa shape index (κ2) is 8.29. The summed E-state index contributed by atoms with van der Waals surface area (Å²) in [5.41, 5.74) is 2.74. The molecule has 0 aromatic heterocycles. The summed E-state index contributed by atoms with van der Waals surface area (Å²) in [6, 6.07) is 8.36. The molecule has 20 heavy (non-hydrogen) atoms. The van der Waals surface area contributed by atoms with Crippen LogP contribution in [0.4, 0.5) is 0 Å². The van der Waals surface area contributed by atoms with E-state index in [2.05, 4.69) is 38.1 Å². The van der Waals surface area contributed by atoms with Gasteiger partial charge in [-0.3, -0.25) is 4.55 Å². The van der Waals surface area contributed by atoms with Gasteiger partial charge in [-0.05, 0) is 31.4 Å². The van der Waals surface area contributed by atoms with Gasteiger partial charge in [0, 0.05) is 6.26 Å². The average molecular weight is 586 g/mol. The van der Waals surface area contributed by atoms with E-state index in [4.69, 9.17) is 4.55 Å². The molecule has 0 aliphatic rings. The predicted octanol–water partition coefficient (Wildman–Crippen LogP) is 1.61. The smallest absolute Gasteiger partial charge is 0.264 e. The van der Waals surface area contributed by atoms with E-state index in [9.17, 15) is 16.8 Å². The molecule has 0 aliphatic heterocycles. The molecule has 0 aliphatic carbocycles. The molecule has 0 radical (unpaired) electrons. The molecular weight excluding hydrogens is 566 g/mol. The van der Waals surface area contributed by atoms with E-state index in [1.165, 1.54) is 11.1 Å². The van der Waals surface area contributed by atoms with E-state index in [1.54, 1.807) is 0 Å². The summed E-state index contributed by atoms with van der Waals surface area (Å²) in [5.74, 6) is -0.715. The van der Waals surface area contributed by atoms with Crippen molar-refractivity contribution >= 4 is 20.0 Å². The number of aryl methyl sites for hydroxylation is 2. The van der Waals surface area contributed by atoms with Gasteiger partial charge in [-0.1, -0.05) is 24.3 Å². The van der Waals surface area contributed by atoms with Crippen LogP contribution in [0.3, 0.4) is 0 Å². The molecule has 0 bridgehead atoms. The summed E-state index contributed by atoms with van der Waals surface area (Å²) < 4.78 is 49.2. The van der Waals surface area contributed by atoms with Crippen LogP contribution in [0.25, 0.3) is 0 Å². The molecule has 1 aromatic rings. The molecule has 8 heteroatoms. The van der Waals surface area contributed by atoms with E-state index in [1.807, 2.05) is 0 Å². The molecule has 0 spiro atoms. The molecule has 5 nitrogen and oxygen atoms in total. The topological polar surface area (TPSA) is 88.5 Å². The van der Waals surface area contributed by atoms with Gasteiger partial charge in [0.2, 0.25) is 0 Å². The molecule has 112 valence electrons. The van der Waals surface area contributed by atoms with Crippen molar-refractivity contribution in [2.24, 2.45) is 0 Å². The minimum Gasteiger partial charge on any atom is -0.286 e. The van der Waals surface area contributed by atoms with Crippen molar-refractivity contribution in [3.05, 3.63) is 35.4 Å². The molecule has 0 atom stereocenters. The molecule has 0 unspecified atom stereocenters. The Morgan fingerprint density at radius 1 is 0.950 bits per heavy atom. The van der Waals surface area contributed by atoms with Crippen LogP contribution in [0.5, 0.6) is 0 Å². The summed E-state index contributed by atoms with van der Waals surface area (Å²) in [7, 11) is -7.13. The van der Waals surface area contributed by atoms with Crippen LogP contribution in [-0.2, 0) is 20.0 Å². The maximum absolute atomic E-state index is 10.4. The van der Waals surface area contributed by atoms with Gasteiger partial charge in [-0.25, -0.2) is 8.42 Å². The van der Waals surface area contributed by atoms with Crippen LogP contribution < -0.4 is 0 Å². The number of rotatable bonds is 4. The molecule has 0 heterocycles. The van der Waals surface area contributed by atoms with Gasteiger partial charge < -0.3 is 0 Å². The number of sulfone groups is 1. The maximum Gasteiger partial charge on any atom is 0.264 e. The van der Waals surface area contributed by atoms with Crippen molar-refractivity contribution in [3.8, 4) is 0 Å². The standard InChI is InChI=1S/C8H10.C4H10O5S2.Mt/c1-7-5-3-4-6-8(7)2;1-10(5,6)3-2-4-11(7,8)9;/h3-6H,1-2H3;2-4H2,1H3,(H,7,8,9);. The first-order valence-electron chi connectivity index (χ1n) is 5.66. The Labute approximate surface area is 115 Å². The zero-order valence-electron chi connectivity index (χ0n) is 12.0. The first-order chi connectivity index (χ1) is 8.51. The summed E-state index contributed by atoms with van der Waals surface area (Å²) >= 11 is 0. The van der Waals surface area contributed by atoms with Crippen LogP contribution in [0.2, 0.25) is 0 Å². The molecule has 1 aromatic carbocycles. The monoisotopic (exact) mass is 586 g/mol. The number of hydrogen-bond acceptors (Lipinski definition) is 4. The summed E-state index contributed by atoms with van der Waals surface area (Å²) in [6.45, 7) is 4.24. The second-order valence-corrected chi connectivity index (χ2v) is 8.19. The second-order valence-electron chi connectivity index (χ2n) is 4.35. The molecular formula is C12H20MtO5S2. The molecule has 0 saturated heterocycles. The van der Waals surface area contributed by atoms with Crippen LogP contribution >= 0.6 is 0 Å². The van der Waals surface area contributed by atoms with Crippen LogP contribution in [0.1, 0.15) is 17.5 Å². The fourth-order valence-corrected chi connectivity index (χ4v) is 2.53. The Hall–Kier alpha value is -1.92. The average Bonchev–Trinajstić information content (AvgIpc) is 2.19. The third-order valence-corrected chi connectivity index (χ3v) is 4.18. The largest absolute Gasteiger partial charge is 0.286 e.